The number of benzene rings is 1. The quantitative estimate of drug-likeness (QED) is 0.646. The molecule has 2 heterocycles. The molecule has 0 radical (unpaired) electrons. The van der Waals surface area contributed by atoms with Crippen LogP contribution in [0, 0.1) is 0 Å². The molecule has 6 heteroatoms. The number of methoxy groups -OCH3 is 1. The van der Waals surface area contributed by atoms with E-state index in [-0.39, 0.29) is 0 Å². The molecule has 0 aliphatic carbocycles. The maximum absolute atomic E-state index is 11.9. The normalized spacial score (nSPS) is 16.3. The number of ether oxygens (including phenoxy) is 1. The van der Waals surface area contributed by atoms with Crippen LogP contribution in [0.2, 0.25) is 0 Å². The van der Waals surface area contributed by atoms with E-state index in [2.05, 4.69) is 22.1 Å². The molecule has 1 saturated heterocycles. The van der Waals surface area contributed by atoms with Gasteiger partial charge in [0.05, 0.1) is 25.9 Å². The Labute approximate surface area is 148 Å². The van der Waals surface area contributed by atoms with E-state index in [9.17, 15) is 4.79 Å². The van der Waals surface area contributed by atoms with Crippen LogP contribution in [0.25, 0.3) is 0 Å². The molecule has 2 aromatic rings. The summed E-state index contributed by atoms with van der Waals surface area (Å²) < 4.78 is 5.55. The summed E-state index contributed by atoms with van der Waals surface area (Å²) in [5, 5.41) is 3.36. The number of hydrogen-bond acceptors (Lipinski definition) is 5. The van der Waals surface area contributed by atoms with Crippen LogP contribution in [0.1, 0.15) is 6.92 Å². The van der Waals surface area contributed by atoms with Gasteiger partial charge in [-0.05, 0) is 31.2 Å². The number of aromatic nitrogens is 1. The first-order valence-electron chi connectivity index (χ1n) is 8.64. The zero-order valence-corrected chi connectivity index (χ0v) is 14.8. The summed E-state index contributed by atoms with van der Waals surface area (Å²) in [5.74, 6) is 1.76. The van der Waals surface area contributed by atoms with Gasteiger partial charge in [0.15, 0.2) is 5.82 Å². The van der Waals surface area contributed by atoms with Gasteiger partial charge in [-0.1, -0.05) is 0 Å². The number of nitrogens with one attached hydrogen (secondary N) is 1. The maximum atomic E-state index is 11.9. The van der Waals surface area contributed by atoms with Gasteiger partial charge < -0.3 is 15.0 Å². The van der Waals surface area contributed by atoms with Crippen LogP contribution in [0.3, 0.4) is 0 Å². The van der Waals surface area contributed by atoms with Crippen molar-refractivity contribution in [2.24, 2.45) is 0 Å². The van der Waals surface area contributed by atoms with Gasteiger partial charge in [-0.15, -0.1) is 0 Å². The van der Waals surface area contributed by atoms with Crippen LogP contribution in [0.15, 0.2) is 42.6 Å². The molecule has 6 nitrogen and oxygen atoms in total. The minimum atomic E-state index is 0.337. The highest BCUT2D eigenvalue weighted by molar-refractivity contribution is 5.72. The summed E-state index contributed by atoms with van der Waals surface area (Å²) in [6.45, 7) is 5.92. The second-order valence-electron chi connectivity index (χ2n) is 6.18. The lowest BCUT2D eigenvalue weighted by Gasteiger charge is -2.40. The van der Waals surface area contributed by atoms with Crippen molar-refractivity contribution in [2.45, 2.75) is 6.92 Å². The average Bonchev–Trinajstić information content (AvgIpc) is 2.69. The maximum Gasteiger partial charge on any atom is 0.306 e. The van der Waals surface area contributed by atoms with E-state index in [0.717, 1.165) is 62.1 Å². The van der Waals surface area contributed by atoms with Gasteiger partial charge >= 0.3 is 6.41 Å². The van der Waals surface area contributed by atoms with Crippen molar-refractivity contribution in [3.63, 3.8) is 0 Å². The monoisotopic (exact) mass is 341 g/mol. The predicted molar refractivity (Wildman–Crippen MR) is 101 cm³/mol. The van der Waals surface area contributed by atoms with Gasteiger partial charge in [-0.3, -0.25) is 0 Å². The fraction of sp³-hybridized carbons (Fsp3) is 0.368. The Hall–Kier alpha value is -2.60. The van der Waals surface area contributed by atoms with Crippen molar-refractivity contribution in [3.05, 3.63) is 42.6 Å². The molecular formula is C19H25N4O2+. The summed E-state index contributed by atoms with van der Waals surface area (Å²) in [5.41, 5.74) is 2.05. The number of pyridine rings is 1. The fourth-order valence-corrected chi connectivity index (χ4v) is 3.31. The van der Waals surface area contributed by atoms with Gasteiger partial charge in [0, 0.05) is 24.9 Å². The van der Waals surface area contributed by atoms with Crippen LogP contribution in [-0.4, -0.2) is 51.2 Å². The molecule has 0 spiro atoms. The smallest absolute Gasteiger partial charge is 0.306 e. The first-order chi connectivity index (χ1) is 12.2. The molecule has 1 aliphatic rings. The van der Waals surface area contributed by atoms with Crippen molar-refractivity contribution >= 4 is 23.6 Å². The first kappa shape index (κ1) is 17.2. The third-order valence-corrected chi connectivity index (χ3v) is 4.78. The molecule has 1 fully saturated rings. The summed E-state index contributed by atoms with van der Waals surface area (Å²) >= 11 is 0. The van der Waals surface area contributed by atoms with Gasteiger partial charge in [0.1, 0.15) is 24.5 Å². The van der Waals surface area contributed by atoms with Gasteiger partial charge in [-0.2, -0.15) is 0 Å². The molecule has 0 bridgehead atoms. The molecule has 0 unspecified atom stereocenters. The van der Waals surface area contributed by atoms with Gasteiger partial charge in [0.2, 0.25) is 0 Å². The minimum Gasteiger partial charge on any atom is -0.497 e. The third kappa shape index (κ3) is 3.44. The number of carbonyl (C=O) groups excluding carboxylic acids is 1. The summed E-state index contributed by atoms with van der Waals surface area (Å²) in [6.07, 6.45) is 2.87. The van der Waals surface area contributed by atoms with E-state index in [1.165, 1.54) is 0 Å². The van der Waals surface area contributed by atoms with Crippen molar-refractivity contribution in [3.8, 4) is 5.75 Å². The summed E-state index contributed by atoms with van der Waals surface area (Å²) in [7, 11) is 1.65. The molecule has 132 valence electrons. The lowest BCUT2D eigenvalue weighted by molar-refractivity contribution is -0.117. The van der Waals surface area contributed by atoms with Crippen LogP contribution in [-0.2, 0) is 4.79 Å². The van der Waals surface area contributed by atoms with Crippen molar-refractivity contribution < 1.29 is 9.53 Å². The number of piperazine rings is 1. The first-order valence-corrected chi connectivity index (χ1v) is 8.64. The number of quaternary nitrogens is 1. The van der Waals surface area contributed by atoms with Crippen molar-refractivity contribution in [1.29, 1.82) is 0 Å². The molecule has 1 N–H and O–H groups in total. The summed E-state index contributed by atoms with van der Waals surface area (Å²) in [4.78, 5) is 18.7. The highest BCUT2D eigenvalue weighted by atomic mass is 16.5. The molecule has 25 heavy (non-hydrogen) atoms. The second kappa shape index (κ2) is 7.53. The molecule has 3 rings (SSSR count). The lowest BCUT2D eigenvalue weighted by Crippen LogP contribution is -2.60. The Balaban J connectivity index is 1.78. The van der Waals surface area contributed by atoms with Crippen LogP contribution in [0.4, 0.5) is 17.2 Å². The van der Waals surface area contributed by atoms with E-state index in [1.54, 1.807) is 7.11 Å². The third-order valence-electron chi connectivity index (χ3n) is 4.78. The average molecular weight is 341 g/mol. The predicted octanol–water partition coefficient (Wildman–Crippen LogP) is 2.51. The molecular weight excluding hydrogens is 316 g/mol. The molecule has 0 atom stereocenters. The number of amides is 1. The van der Waals surface area contributed by atoms with E-state index < -0.39 is 0 Å². The summed E-state index contributed by atoms with van der Waals surface area (Å²) in [6, 6.07) is 11.8. The zero-order chi connectivity index (χ0) is 17.7. The lowest BCUT2D eigenvalue weighted by atomic mass is 10.2. The fourth-order valence-electron chi connectivity index (χ4n) is 3.31. The number of hydrogen-bond donors (Lipinski definition) is 1. The number of anilines is 2. The van der Waals surface area contributed by atoms with E-state index >= 15 is 0 Å². The van der Waals surface area contributed by atoms with Gasteiger partial charge in [-0.25, -0.2) is 14.3 Å². The second-order valence-corrected chi connectivity index (χ2v) is 6.18. The Kier molecular flexibility index (Phi) is 5.19. The van der Waals surface area contributed by atoms with Gasteiger partial charge in [0.25, 0.3) is 0 Å². The zero-order valence-electron chi connectivity index (χ0n) is 14.8. The highest BCUT2D eigenvalue weighted by Crippen LogP contribution is 2.29. The van der Waals surface area contributed by atoms with Crippen molar-refractivity contribution in [1.82, 2.24) is 9.47 Å². The highest BCUT2D eigenvalue weighted by Gasteiger charge is 2.36. The standard InChI is InChI=1S/C19H25N4O2/c1-3-20-18-5-4-10-21-19(18)22-11-13-23(15-24,14-12-22)16-6-8-17(25-2)9-7-16/h4-10,15,20H,3,11-14H2,1-2H3/q+1. The molecule has 1 amide bonds. The minimum absolute atomic E-state index is 0.337. The Morgan fingerprint density at radius 1 is 1.24 bits per heavy atom. The van der Waals surface area contributed by atoms with Crippen LogP contribution < -0.4 is 19.4 Å². The van der Waals surface area contributed by atoms with Crippen LogP contribution in [0.5, 0.6) is 5.75 Å². The topological polar surface area (TPSA) is 54.5 Å². The molecule has 0 saturated carbocycles. The van der Waals surface area contributed by atoms with Crippen LogP contribution >= 0.6 is 0 Å². The molecule has 1 aromatic carbocycles. The Morgan fingerprint density at radius 2 is 1.96 bits per heavy atom. The number of carbonyl (C=O) groups is 1. The number of nitrogens with zero attached hydrogens (tertiary/aromatic N) is 3. The van der Waals surface area contributed by atoms with E-state index in [0.29, 0.717) is 4.48 Å². The van der Waals surface area contributed by atoms with E-state index in [4.69, 9.17) is 4.74 Å². The number of rotatable bonds is 6. The SMILES string of the molecule is CCNc1cccnc1N1CC[N+](C=O)(c2ccc(OC)cc2)CC1. The largest absolute Gasteiger partial charge is 0.497 e. The molecule has 1 aliphatic heterocycles. The van der Waals surface area contributed by atoms with Crippen molar-refractivity contribution in [2.75, 3.05) is 50.1 Å². The Bertz CT molecular complexity index is 710. The Morgan fingerprint density at radius 3 is 2.56 bits per heavy atom. The molecule has 1 aromatic heterocycles. The van der Waals surface area contributed by atoms with E-state index in [1.807, 2.05) is 42.6 Å².